The molecule has 2 bridgehead atoms. The number of hydrogen-bond donors (Lipinski definition) is 6. The van der Waals surface area contributed by atoms with Gasteiger partial charge in [0.1, 0.15) is 16.6 Å². The molecule has 6 atom stereocenters. The Morgan fingerprint density at radius 3 is 1.17 bits per heavy atom. The topological polar surface area (TPSA) is 246 Å². The number of carboxylic acids is 6. The molecule has 0 saturated heterocycles. The monoisotopic (exact) mass is 590 g/mol. The molecule has 4 aliphatic rings. The van der Waals surface area contributed by atoms with Gasteiger partial charge in [-0.2, -0.15) is 0 Å². The fourth-order valence-corrected chi connectivity index (χ4v) is 6.72. The highest BCUT2D eigenvalue weighted by Gasteiger charge is 2.71. The summed E-state index contributed by atoms with van der Waals surface area (Å²) in [6, 6.07) is 4.79. The second-order valence-corrected chi connectivity index (χ2v) is 11.4. The summed E-state index contributed by atoms with van der Waals surface area (Å²) < 4.78 is 0. The summed E-state index contributed by atoms with van der Waals surface area (Å²) >= 11 is 0. The van der Waals surface area contributed by atoms with Gasteiger partial charge in [0.15, 0.2) is 0 Å². The van der Waals surface area contributed by atoms with Crippen LogP contribution in [0.5, 0.6) is 0 Å². The molecule has 3 fully saturated rings. The van der Waals surface area contributed by atoms with Crippen molar-refractivity contribution < 1.29 is 59.4 Å². The second kappa shape index (κ2) is 9.99. The Kier molecular flexibility index (Phi) is 6.98. The Morgan fingerprint density at radius 2 is 0.881 bits per heavy atom. The van der Waals surface area contributed by atoms with E-state index in [4.69, 9.17) is 0 Å². The fraction of sp³-hybridized carbons (Fsp3) is 0.577. The molecule has 6 unspecified atom stereocenters. The molecule has 5 rings (SSSR count). The molecule has 0 spiro atoms. The molecule has 2 heterocycles. The zero-order valence-corrected chi connectivity index (χ0v) is 22.2. The summed E-state index contributed by atoms with van der Waals surface area (Å²) in [5, 5.41) is 59.3. The van der Waals surface area contributed by atoms with Crippen molar-refractivity contribution in [1.82, 2.24) is 19.7 Å². The van der Waals surface area contributed by atoms with E-state index in [0.717, 1.165) is 0 Å². The van der Waals surface area contributed by atoms with Crippen LogP contribution in [0.15, 0.2) is 18.2 Å². The average molecular weight is 591 g/mol. The van der Waals surface area contributed by atoms with Gasteiger partial charge in [0, 0.05) is 39.3 Å². The normalized spacial score (nSPS) is 35.2. The van der Waals surface area contributed by atoms with Crippen molar-refractivity contribution >= 4 is 35.8 Å². The first-order chi connectivity index (χ1) is 19.7. The quantitative estimate of drug-likeness (QED) is 0.197. The molecule has 0 amide bonds. The Hall–Kier alpha value is -4.15. The lowest BCUT2D eigenvalue weighted by Crippen LogP contribution is -2.56. The van der Waals surface area contributed by atoms with Gasteiger partial charge in [0.25, 0.3) is 0 Å². The molecule has 16 heteroatoms. The Bertz CT molecular complexity index is 1310. The minimum Gasteiger partial charge on any atom is -0.481 e. The fourth-order valence-electron chi connectivity index (χ4n) is 6.72. The first-order valence-corrected chi connectivity index (χ1v) is 13.3. The number of hydrogen-bond acceptors (Lipinski definition) is 10. The summed E-state index contributed by atoms with van der Waals surface area (Å²) in [4.78, 5) is 81.6. The second-order valence-electron chi connectivity index (χ2n) is 11.4. The Labute approximate surface area is 237 Å². The highest BCUT2D eigenvalue weighted by molar-refractivity contribution is 5.94. The number of rotatable bonds is 9. The Morgan fingerprint density at radius 1 is 0.571 bits per heavy atom. The summed E-state index contributed by atoms with van der Waals surface area (Å²) in [6.07, 6.45) is -0.628. The third-order valence-electron chi connectivity index (χ3n) is 9.34. The average Bonchev–Trinajstić information content (AvgIpc) is 3.78. The zero-order valence-electron chi connectivity index (χ0n) is 22.2. The maximum absolute atomic E-state index is 12.5. The molecule has 6 N–H and O–H groups in total. The minimum atomic E-state index is -1.86. The van der Waals surface area contributed by atoms with Crippen molar-refractivity contribution in [2.24, 2.45) is 17.8 Å². The molecule has 3 saturated carbocycles. The predicted molar refractivity (Wildman–Crippen MR) is 135 cm³/mol. The molecule has 1 aliphatic heterocycles. The van der Waals surface area contributed by atoms with Crippen molar-refractivity contribution in [3.63, 3.8) is 0 Å². The summed E-state index contributed by atoms with van der Waals surface area (Å²) in [6.45, 7) is -0.971. The van der Waals surface area contributed by atoms with Gasteiger partial charge in [-0.15, -0.1) is 0 Å². The number of nitrogens with zero attached hydrogens (tertiary/aromatic N) is 4. The van der Waals surface area contributed by atoms with E-state index in [1.807, 2.05) is 0 Å². The third-order valence-corrected chi connectivity index (χ3v) is 9.34. The number of carbonyl (C=O) groups is 6. The lowest BCUT2D eigenvalue weighted by atomic mass is 10.1. The predicted octanol–water partition coefficient (Wildman–Crippen LogP) is -1.22. The van der Waals surface area contributed by atoms with Gasteiger partial charge in [-0.3, -0.25) is 48.5 Å². The van der Waals surface area contributed by atoms with Crippen molar-refractivity contribution in [2.75, 3.05) is 26.2 Å². The summed E-state index contributed by atoms with van der Waals surface area (Å²) in [5.74, 6) is -11.8. The van der Waals surface area contributed by atoms with Crippen LogP contribution in [-0.4, -0.2) is 129 Å². The van der Waals surface area contributed by atoms with Crippen LogP contribution in [0.3, 0.4) is 0 Å². The van der Waals surface area contributed by atoms with Crippen molar-refractivity contribution in [2.45, 2.75) is 49.0 Å². The van der Waals surface area contributed by atoms with E-state index in [-0.39, 0.29) is 58.5 Å². The van der Waals surface area contributed by atoms with Gasteiger partial charge in [-0.25, -0.2) is 0 Å². The molecule has 1 aromatic heterocycles. The van der Waals surface area contributed by atoms with Crippen LogP contribution in [0.25, 0.3) is 0 Å². The smallest absolute Gasteiger partial charge is 0.325 e. The van der Waals surface area contributed by atoms with Crippen LogP contribution in [0.2, 0.25) is 0 Å². The van der Waals surface area contributed by atoms with E-state index in [0.29, 0.717) is 11.4 Å². The van der Waals surface area contributed by atoms with Gasteiger partial charge in [0.05, 0.1) is 29.1 Å². The maximum atomic E-state index is 12.5. The van der Waals surface area contributed by atoms with Gasteiger partial charge >= 0.3 is 35.8 Å². The van der Waals surface area contributed by atoms with Crippen LogP contribution in [0.4, 0.5) is 0 Å². The highest BCUT2D eigenvalue weighted by atomic mass is 16.4. The van der Waals surface area contributed by atoms with Crippen LogP contribution in [0, 0.1) is 17.8 Å². The molecule has 226 valence electrons. The zero-order chi connectivity index (χ0) is 30.8. The van der Waals surface area contributed by atoms with Gasteiger partial charge in [-0.05, 0) is 31.4 Å². The summed E-state index contributed by atoms with van der Waals surface area (Å²) in [5.41, 5.74) is -4.75. The van der Waals surface area contributed by atoms with E-state index in [9.17, 15) is 59.4 Å². The van der Waals surface area contributed by atoms with E-state index < -0.39 is 70.2 Å². The number of fused-ring (bicyclic) bond motifs is 2. The molecule has 42 heavy (non-hydrogen) atoms. The standard InChI is InChI=1S/C26H30N4O12/c31-18(32)15-8-24(15,21(37)38)28-4-6-29(25(22(39)40)9-16(25)19(33)34)11-13-2-1-3-14(27-13)12-30(7-5-28)26(23(41)42)10-17(26)20(35)36/h1-3,15-17H,4-12H2,(H,31,32)(H,33,34)(H,35,36)(H,37,38)(H,39,40)(H,41,42). The minimum absolute atomic E-state index is 0.137. The van der Waals surface area contributed by atoms with Crippen LogP contribution in [-0.2, 0) is 41.9 Å². The van der Waals surface area contributed by atoms with E-state index >= 15 is 0 Å². The molecule has 1 aromatic rings. The molecule has 16 nitrogen and oxygen atoms in total. The number of pyridine rings is 1. The lowest BCUT2D eigenvalue weighted by Gasteiger charge is -2.38. The highest BCUT2D eigenvalue weighted by Crippen LogP contribution is 2.53. The van der Waals surface area contributed by atoms with Gasteiger partial charge in [0.2, 0.25) is 0 Å². The van der Waals surface area contributed by atoms with Crippen molar-refractivity contribution in [3.05, 3.63) is 29.6 Å². The number of aromatic nitrogens is 1. The largest absolute Gasteiger partial charge is 0.481 e. The maximum Gasteiger partial charge on any atom is 0.325 e. The number of aliphatic carboxylic acids is 6. The van der Waals surface area contributed by atoms with Gasteiger partial charge < -0.3 is 30.6 Å². The SMILES string of the molecule is O=C(O)C1CC1(C(=O)O)N1CCN(C2(C(=O)O)CC2C(=O)O)Cc2cccc(n2)CN(C2(C(=O)O)CC2C(=O)O)CC1. The van der Waals surface area contributed by atoms with Crippen LogP contribution < -0.4 is 0 Å². The molecule has 0 aromatic carbocycles. The lowest BCUT2D eigenvalue weighted by molar-refractivity contribution is -0.154. The van der Waals surface area contributed by atoms with Crippen molar-refractivity contribution in [3.8, 4) is 0 Å². The Balaban J connectivity index is 1.57. The number of carboxylic acid groups (broad SMARTS) is 6. The molecule has 0 radical (unpaired) electrons. The summed E-state index contributed by atoms with van der Waals surface area (Å²) in [7, 11) is 0. The van der Waals surface area contributed by atoms with E-state index in [2.05, 4.69) is 4.98 Å². The van der Waals surface area contributed by atoms with Gasteiger partial charge in [-0.1, -0.05) is 6.07 Å². The first-order valence-electron chi connectivity index (χ1n) is 13.3. The van der Waals surface area contributed by atoms with Crippen LogP contribution >= 0.6 is 0 Å². The van der Waals surface area contributed by atoms with E-state index in [1.165, 1.54) is 14.7 Å². The van der Waals surface area contributed by atoms with E-state index in [1.54, 1.807) is 18.2 Å². The molecular formula is C26H30N4O12. The molecular weight excluding hydrogens is 560 g/mol. The molecule has 3 aliphatic carbocycles. The third kappa shape index (κ3) is 4.46. The van der Waals surface area contributed by atoms with Crippen molar-refractivity contribution in [1.29, 1.82) is 0 Å². The first kappa shape index (κ1) is 29.3. The van der Waals surface area contributed by atoms with Crippen LogP contribution in [0.1, 0.15) is 30.7 Å².